The van der Waals surface area contributed by atoms with Crippen LogP contribution in [0.15, 0.2) is 30.3 Å². The summed E-state index contributed by atoms with van der Waals surface area (Å²) < 4.78 is 0. The van der Waals surface area contributed by atoms with Gasteiger partial charge in [0.1, 0.15) is 0 Å². The SMILES string of the molecule is Cc1c(Cl)cc(C2CCC2)c2ccccc12. The van der Waals surface area contributed by atoms with E-state index in [1.807, 2.05) is 0 Å². The minimum atomic E-state index is 0.739. The summed E-state index contributed by atoms with van der Waals surface area (Å²) in [5.41, 5.74) is 2.66. The van der Waals surface area contributed by atoms with E-state index in [2.05, 4.69) is 37.3 Å². The number of halogens is 1. The van der Waals surface area contributed by atoms with E-state index < -0.39 is 0 Å². The van der Waals surface area contributed by atoms with Crippen LogP contribution < -0.4 is 0 Å². The lowest BCUT2D eigenvalue weighted by atomic mass is 9.78. The molecule has 0 saturated heterocycles. The summed E-state index contributed by atoms with van der Waals surface area (Å²) in [4.78, 5) is 0. The van der Waals surface area contributed by atoms with Gasteiger partial charge >= 0.3 is 0 Å². The summed E-state index contributed by atoms with van der Waals surface area (Å²) in [7, 11) is 0. The van der Waals surface area contributed by atoms with Crippen molar-refractivity contribution in [3.8, 4) is 0 Å². The monoisotopic (exact) mass is 230 g/mol. The van der Waals surface area contributed by atoms with Gasteiger partial charge in [0.15, 0.2) is 0 Å². The largest absolute Gasteiger partial charge is 0.0840 e. The molecule has 0 atom stereocenters. The van der Waals surface area contributed by atoms with Crippen LogP contribution in [0.25, 0.3) is 10.8 Å². The third-order valence-corrected chi connectivity index (χ3v) is 4.22. The van der Waals surface area contributed by atoms with E-state index in [0.717, 1.165) is 10.9 Å². The van der Waals surface area contributed by atoms with Gasteiger partial charge in [-0.1, -0.05) is 42.3 Å². The second-order valence-corrected chi connectivity index (χ2v) is 5.15. The van der Waals surface area contributed by atoms with Crippen molar-refractivity contribution in [2.24, 2.45) is 0 Å². The smallest absolute Gasteiger partial charge is 0.0444 e. The van der Waals surface area contributed by atoms with Crippen molar-refractivity contribution in [3.63, 3.8) is 0 Å². The predicted octanol–water partition coefficient (Wildman–Crippen LogP) is 5.07. The molecule has 0 heterocycles. The molecule has 82 valence electrons. The topological polar surface area (TPSA) is 0 Å². The van der Waals surface area contributed by atoms with Crippen molar-refractivity contribution >= 4 is 22.4 Å². The first kappa shape index (κ1) is 10.2. The van der Waals surface area contributed by atoms with Crippen LogP contribution in [0.1, 0.15) is 36.3 Å². The van der Waals surface area contributed by atoms with Gasteiger partial charge in [-0.15, -0.1) is 0 Å². The maximum atomic E-state index is 6.32. The summed E-state index contributed by atoms with van der Waals surface area (Å²) in [6.45, 7) is 2.11. The fourth-order valence-corrected chi connectivity index (χ4v) is 2.79. The van der Waals surface area contributed by atoms with E-state index in [9.17, 15) is 0 Å². The van der Waals surface area contributed by atoms with Crippen molar-refractivity contribution in [3.05, 3.63) is 46.5 Å². The van der Waals surface area contributed by atoms with E-state index >= 15 is 0 Å². The molecule has 0 aliphatic heterocycles. The molecule has 3 rings (SSSR count). The number of rotatable bonds is 1. The van der Waals surface area contributed by atoms with Gasteiger partial charge in [0.25, 0.3) is 0 Å². The Balaban J connectivity index is 2.31. The van der Waals surface area contributed by atoms with Gasteiger partial charge in [-0.05, 0) is 53.6 Å². The molecular formula is C15H15Cl. The van der Waals surface area contributed by atoms with E-state index in [1.165, 1.54) is 41.2 Å². The van der Waals surface area contributed by atoms with Crippen LogP contribution in [-0.2, 0) is 0 Å². The lowest BCUT2D eigenvalue weighted by Gasteiger charge is -2.27. The molecule has 1 fully saturated rings. The second kappa shape index (κ2) is 3.78. The molecule has 0 N–H and O–H groups in total. The molecule has 1 heteroatoms. The maximum Gasteiger partial charge on any atom is 0.0444 e. The highest BCUT2D eigenvalue weighted by Gasteiger charge is 2.22. The zero-order valence-corrected chi connectivity index (χ0v) is 10.2. The minimum Gasteiger partial charge on any atom is -0.0840 e. The quantitative estimate of drug-likeness (QED) is 0.642. The van der Waals surface area contributed by atoms with Gasteiger partial charge < -0.3 is 0 Å². The summed E-state index contributed by atoms with van der Waals surface area (Å²) in [6.07, 6.45) is 4.01. The molecule has 1 aliphatic carbocycles. The molecule has 0 unspecified atom stereocenters. The van der Waals surface area contributed by atoms with E-state index in [4.69, 9.17) is 11.6 Å². The highest BCUT2D eigenvalue weighted by Crippen LogP contribution is 2.42. The third kappa shape index (κ3) is 1.44. The first-order chi connectivity index (χ1) is 7.77. The van der Waals surface area contributed by atoms with E-state index in [1.54, 1.807) is 0 Å². The van der Waals surface area contributed by atoms with Crippen LogP contribution in [0.3, 0.4) is 0 Å². The van der Waals surface area contributed by atoms with Crippen LogP contribution in [0, 0.1) is 6.92 Å². The standard InChI is InChI=1S/C15H15Cl/c1-10-12-7-2-3-8-13(12)14(9-15(10)16)11-5-4-6-11/h2-3,7-9,11H,4-6H2,1H3. The molecular weight excluding hydrogens is 216 g/mol. The normalized spacial score (nSPS) is 16.4. The van der Waals surface area contributed by atoms with Gasteiger partial charge in [0, 0.05) is 5.02 Å². The number of aryl methyl sites for hydroxylation is 1. The molecule has 1 aliphatic rings. The zero-order valence-electron chi connectivity index (χ0n) is 9.46. The van der Waals surface area contributed by atoms with Gasteiger partial charge in [-0.2, -0.15) is 0 Å². The molecule has 0 amide bonds. The summed E-state index contributed by atoms with van der Waals surface area (Å²) in [6, 6.07) is 10.8. The van der Waals surface area contributed by atoms with Gasteiger partial charge in [-0.25, -0.2) is 0 Å². The Morgan fingerprint density at radius 1 is 1.12 bits per heavy atom. The van der Waals surface area contributed by atoms with E-state index in [-0.39, 0.29) is 0 Å². The Labute approximate surface area is 101 Å². The number of fused-ring (bicyclic) bond motifs is 1. The molecule has 2 aromatic rings. The number of hydrogen-bond acceptors (Lipinski definition) is 0. The van der Waals surface area contributed by atoms with Gasteiger partial charge in [0.2, 0.25) is 0 Å². The molecule has 0 nitrogen and oxygen atoms in total. The Kier molecular flexibility index (Phi) is 2.40. The fourth-order valence-electron chi connectivity index (χ4n) is 2.57. The average molecular weight is 231 g/mol. The lowest BCUT2D eigenvalue weighted by molar-refractivity contribution is 0.422. The highest BCUT2D eigenvalue weighted by atomic mass is 35.5. The first-order valence-corrected chi connectivity index (χ1v) is 6.33. The van der Waals surface area contributed by atoms with Crippen molar-refractivity contribution < 1.29 is 0 Å². The molecule has 0 bridgehead atoms. The molecule has 16 heavy (non-hydrogen) atoms. The predicted molar refractivity (Wildman–Crippen MR) is 70.3 cm³/mol. The molecule has 0 spiro atoms. The first-order valence-electron chi connectivity index (χ1n) is 5.95. The molecule has 0 radical (unpaired) electrons. The number of benzene rings is 2. The Morgan fingerprint density at radius 3 is 2.44 bits per heavy atom. The number of hydrogen-bond donors (Lipinski definition) is 0. The van der Waals surface area contributed by atoms with Crippen molar-refractivity contribution in [1.82, 2.24) is 0 Å². The van der Waals surface area contributed by atoms with Gasteiger partial charge in [-0.3, -0.25) is 0 Å². The van der Waals surface area contributed by atoms with Crippen LogP contribution >= 0.6 is 11.6 Å². The average Bonchev–Trinajstić information content (AvgIpc) is 2.23. The summed E-state index contributed by atoms with van der Waals surface area (Å²) in [5.74, 6) is 0.739. The Hall–Kier alpha value is -1.01. The van der Waals surface area contributed by atoms with E-state index in [0.29, 0.717) is 0 Å². The zero-order chi connectivity index (χ0) is 11.1. The van der Waals surface area contributed by atoms with Crippen LogP contribution in [-0.4, -0.2) is 0 Å². The minimum absolute atomic E-state index is 0.739. The van der Waals surface area contributed by atoms with Crippen molar-refractivity contribution in [2.75, 3.05) is 0 Å². The highest BCUT2D eigenvalue weighted by molar-refractivity contribution is 6.32. The second-order valence-electron chi connectivity index (χ2n) is 4.75. The Bertz CT molecular complexity index is 538. The molecule has 0 aromatic heterocycles. The van der Waals surface area contributed by atoms with Gasteiger partial charge in [0.05, 0.1) is 0 Å². The lowest BCUT2D eigenvalue weighted by Crippen LogP contribution is -2.09. The van der Waals surface area contributed by atoms with Crippen LogP contribution in [0.2, 0.25) is 5.02 Å². The van der Waals surface area contributed by atoms with Crippen molar-refractivity contribution in [1.29, 1.82) is 0 Å². The van der Waals surface area contributed by atoms with Crippen LogP contribution in [0.4, 0.5) is 0 Å². The summed E-state index contributed by atoms with van der Waals surface area (Å²) in [5, 5.41) is 3.63. The van der Waals surface area contributed by atoms with Crippen LogP contribution in [0.5, 0.6) is 0 Å². The van der Waals surface area contributed by atoms with Crippen molar-refractivity contribution in [2.45, 2.75) is 32.1 Å². The molecule has 1 saturated carbocycles. The Morgan fingerprint density at radius 2 is 1.81 bits per heavy atom. The third-order valence-electron chi connectivity index (χ3n) is 3.83. The summed E-state index contributed by atoms with van der Waals surface area (Å²) >= 11 is 6.32. The molecule has 2 aromatic carbocycles. The fraction of sp³-hybridized carbons (Fsp3) is 0.333. The maximum absolute atomic E-state index is 6.32.